The number of nitrogens with zero attached hydrogens (tertiary/aromatic N) is 3. The predicted octanol–water partition coefficient (Wildman–Crippen LogP) is 3.05. The molecule has 2 aromatic heterocycles. The lowest BCUT2D eigenvalue weighted by Gasteiger charge is -2.06. The summed E-state index contributed by atoms with van der Waals surface area (Å²) in [6.45, 7) is 4.36. The van der Waals surface area contributed by atoms with Gasteiger partial charge in [-0.25, -0.2) is 14.5 Å². The van der Waals surface area contributed by atoms with E-state index in [0.29, 0.717) is 29.7 Å². The summed E-state index contributed by atoms with van der Waals surface area (Å²) in [6.07, 6.45) is 0.686. The van der Waals surface area contributed by atoms with E-state index < -0.39 is 5.97 Å². The number of carboxylic acid groups (broad SMARTS) is 1. The van der Waals surface area contributed by atoms with Crippen LogP contribution in [0.15, 0.2) is 36.4 Å². The Kier molecular flexibility index (Phi) is 3.63. The predicted molar refractivity (Wildman–Crippen MR) is 84.1 cm³/mol. The monoisotopic (exact) mass is 295 g/mol. The van der Waals surface area contributed by atoms with Crippen molar-refractivity contribution in [3.05, 3.63) is 58.9 Å². The molecule has 3 aromatic rings. The topological polar surface area (TPSA) is 68.0 Å². The standard InChI is InChI=1S/C17H17N3O2/c1-3-13-9-14(17(21)22)15-11(2)19-20(16(15)18-13)10-12-7-5-4-6-8-12/h4-9H,3,10H2,1-2H3,(H,21,22). The van der Waals surface area contributed by atoms with Gasteiger partial charge >= 0.3 is 5.97 Å². The second-order valence-corrected chi connectivity index (χ2v) is 5.25. The number of carboxylic acids is 1. The molecule has 0 amide bonds. The summed E-state index contributed by atoms with van der Waals surface area (Å²) in [5, 5.41) is 14.6. The molecule has 0 atom stereocenters. The highest BCUT2D eigenvalue weighted by Gasteiger charge is 2.18. The second kappa shape index (κ2) is 5.60. The van der Waals surface area contributed by atoms with Gasteiger partial charge in [0.2, 0.25) is 0 Å². The molecule has 0 aliphatic heterocycles. The zero-order valence-corrected chi connectivity index (χ0v) is 12.6. The highest BCUT2D eigenvalue weighted by Crippen LogP contribution is 2.23. The Morgan fingerprint density at radius 3 is 2.64 bits per heavy atom. The van der Waals surface area contributed by atoms with E-state index in [1.165, 1.54) is 0 Å². The van der Waals surface area contributed by atoms with Crippen molar-refractivity contribution in [3.63, 3.8) is 0 Å². The fourth-order valence-corrected chi connectivity index (χ4v) is 2.62. The first-order chi connectivity index (χ1) is 10.6. The average molecular weight is 295 g/mol. The van der Waals surface area contributed by atoms with E-state index in [2.05, 4.69) is 10.1 Å². The molecule has 0 aliphatic carbocycles. The zero-order valence-electron chi connectivity index (χ0n) is 12.6. The Balaban J connectivity index is 2.20. The van der Waals surface area contributed by atoms with E-state index in [1.807, 2.05) is 44.2 Å². The molecule has 1 N–H and O–H groups in total. The van der Waals surface area contributed by atoms with Crippen LogP contribution in [0.5, 0.6) is 0 Å². The molecule has 112 valence electrons. The molecule has 0 aliphatic rings. The number of pyridine rings is 1. The normalized spacial score (nSPS) is 11.0. The van der Waals surface area contributed by atoms with Gasteiger partial charge in [-0.15, -0.1) is 0 Å². The van der Waals surface area contributed by atoms with E-state index >= 15 is 0 Å². The van der Waals surface area contributed by atoms with Gasteiger partial charge in [0.05, 0.1) is 23.2 Å². The van der Waals surface area contributed by atoms with Crippen molar-refractivity contribution in [3.8, 4) is 0 Å². The SMILES string of the molecule is CCc1cc(C(=O)O)c2c(C)nn(Cc3ccccc3)c2n1. The van der Waals surface area contributed by atoms with Crippen LogP contribution in [0.25, 0.3) is 11.0 Å². The minimum atomic E-state index is -0.940. The molecule has 2 heterocycles. The Morgan fingerprint density at radius 2 is 2.00 bits per heavy atom. The number of aromatic carboxylic acids is 1. The van der Waals surface area contributed by atoms with Gasteiger partial charge in [0.1, 0.15) is 0 Å². The molecule has 1 aromatic carbocycles. The Morgan fingerprint density at radius 1 is 1.27 bits per heavy atom. The minimum absolute atomic E-state index is 0.277. The van der Waals surface area contributed by atoms with Crippen LogP contribution in [0.4, 0.5) is 0 Å². The Labute approximate surface area is 128 Å². The van der Waals surface area contributed by atoms with Gasteiger partial charge in [-0.3, -0.25) is 0 Å². The lowest BCUT2D eigenvalue weighted by Crippen LogP contribution is -2.05. The fraction of sp³-hybridized carbons (Fsp3) is 0.235. The van der Waals surface area contributed by atoms with Crippen molar-refractivity contribution in [1.82, 2.24) is 14.8 Å². The highest BCUT2D eigenvalue weighted by molar-refractivity contribution is 6.02. The summed E-state index contributed by atoms with van der Waals surface area (Å²) in [6, 6.07) is 11.6. The van der Waals surface area contributed by atoms with Gasteiger partial charge in [0, 0.05) is 5.69 Å². The largest absolute Gasteiger partial charge is 0.478 e. The maximum Gasteiger partial charge on any atom is 0.336 e. The van der Waals surface area contributed by atoms with Gasteiger partial charge in [0.25, 0.3) is 0 Å². The number of aromatic nitrogens is 3. The molecule has 0 spiro atoms. The van der Waals surface area contributed by atoms with Crippen LogP contribution >= 0.6 is 0 Å². The molecule has 5 heteroatoms. The molecule has 5 nitrogen and oxygen atoms in total. The van der Waals surface area contributed by atoms with E-state index in [1.54, 1.807) is 10.7 Å². The first-order valence-corrected chi connectivity index (χ1v) is 7.24. The number of hydrogen-bond donors (Lipinski definition) is 1. The van der Waals surface area contributed by atoms with E-state index in [0.717, 1.165) is 11.3 Å². The van der Waals surface area contributed by atoms with Crippen LogP contribution < -0.4 is 0 Å². The van der Waals surface area contributed by atoms with Crippen molar-refractivity contribution >= 4 is 17.0 Å². The summed E-state index contributed by atoms with van der Waals surface area (Å²) < 4.78 is 1.78. The third-order valence-corrected chi connectivity index (χ3v) is 3.70. The third-order valence-electron chi connectivity index (χ3n) is 3.70. The maximum atomic E-state index is 11.5. The second-order valence-electron chi connectivity index (χ2n) is 5.25. The third kappa shape index (κ3) is 2.45. The molecule has 0 radical (unpaired) electrons. The lowest BCUT2D eigenvalue weighted by molar-refractivity contribution is 0.0698. The number of hydrogen-bond acceptors (Lipinski definition) is 3. The van der Waals surface area contributed by atoms with Gasteiger partial charge in [-0.1, -0.05) is 37.3 Å². The van der Waals surface area contributed by atoms with Gasteiger partial charge in [-0.2, -0.15) is 5.10 Å². The van der Waals surface area contributed by atoms with E-state index in [4.69, 9.17) is 0 Å². The number of rotatable bonds is 4. The van der Waals surface area contributed by atoms with Crippen molar-refractivity contribution in [2.75, 3.05) is 0 Å². The minimum Gasteiger partial charge on any atom is -0.478 e. The fourth-order valence-electron chi connectivity index (χ4n) is 2.62. The summed E-state index contributed by atoms with van der Waals surface area (Å²) in [4.78, 5) is 16.1. The molecule has 0 saturated heterocycles. The van der Waals surface area contributed by atoms with Crippen molar-refractivity contribution in [2.24, 2.45) is 0 Å². The van der Waals surface area contributed by atoms with Crippen molar-refractivity contribution < 1.29 is 9.90 Å². The zero-order chi connectivity index (χ0) is 15.7. The smallest absolute Gasteiger partial charge is 0.336 e. The van der Waals surface area contributed by atoms with Gasteiger partial charge in [-0.05, 0) is 25.0 Å². The first kappa shape index (κ1) is 14.3. The molecule has 22 heavy (non-hydrogen) atoms. The van der Waals surface area contributed by atoms with Crippen LogP contribution in [-0.4, -0.2) is 25.8 Å². The molecule has 0 unspecified atom stereocenters. The van der Waals surface area contributed by atoms with Crippen molar-refractivity contribution in [2.45, 2.75) is 26.8 Å². The summed E-state index contributed by atoms with van der Waals surface area (Å²) in [7, 11) is 0. The molecule has 0 fully saturated rings. The van der Waals surface area contributed by atoms with E-state index in [-0.39, 0.29) is 5.56 Å². The van der Waals surface area contributed by atoms with Crippen LogP contribution in [0.1, 0.15) is 34.2 Å². The first-order valence-electron chi connectivity index (χ1n) is 7.24. The molecule has 0 bridgehead atoms. The van der Waals surface area contributed by atoms with Gasteiger partial charge < -0.3 is 5.11 Å². The van der Waals surface area contributed by atoms with Crippen LogP contribution in [0, 0.1) is 6.92 Å². The lowest BCUT2D eigenvalue weighted by atomic mass is 10.1. The van der Waals surface area contributed by atoms with E-state index in [9.17, 15) is 9.90 Å². The number of aryl methyl sites for hydroxylation is 2. The highest BCUT2D eigenvalue weighted by atomic mass is 16.4. The quantitative estimate of drug-likeness (QED) is 0.803. The average Bonchev–Trinajstić information content (AvgIpc) is 2.83. The molecule has 0 saturated carbocycles. The summed E-state index contributed by atoms with van der Waals surface area (Å²) in [5.74, 6) is -0.940. The summed E-state index contributed by atoms with van der Waals surface area (Å²) >= 11 is 0. The number of carbonyl (C=O) groups is 1. The van der Waals surface area contributed by atoms with Crippen LogP contribution in [0.3, 0.4) is 0 Å². The summed E-state index contributed by atoms with van der Waals surface area (Å²) in [5.41, 5.74) is 3.47. The Bertz CT molecular complexity index is 838. The van der Waals surface area contributed by atoms with Crippen LogP contribution in [-0.2, 0) is 13.0 Å². The number of fused-ring (bicyclic) bond motifs is 1. The van der Waals surface area contributed by atoms with Gasteiger partial charge in [0.15, 0.2) is 5.65 Å². The maximum absolute atomic E-state index is 11.5. The van der Waals surface area contributed by atoms with Crippen molar-refractivity contribution in [1.29, 1.82) is 0 Å². The molecular weight excluding hydrogens is 278 g/mol. The molecular formula is C17H17N3O2. The number of benzene rings is 1. The molecule has 3 rings (SSSR count). The van der Waals surface area contributed by atoms with Crippen LogP contribution in [0.2, 0.25) is 0 Å². The Hall–Kier alpha value is -2.69.